The van der Waals surface area contributed by atoms with Crippen LogP contribution in [0.5, 0.6) is 5.75 Å². The minimum atomic E-state index is -0.300. The van der Waals surface area contributed by atoms with Gasteiger partial charge in [0.05, 0.1) is 18.2 Å². The third kappa shape index (κ3) is 3.34. The van der Waals surface area contributed by atoms with E-state index in [0.717, 1.165) is 11.3 Å². The number of carbonyl (C=O) groups is 1. The summed E-state index contributed by atoms with van der Waals surface area (Å²) in [6.45, 7) is 1.91. The summed E-state index contributed by atoms with van der Waals surface area (Å²) in [7, 11) is 3.29. The molecule has 0 aliphatic heterocycles. The third-order valence-electron chi connectivity index (χ3n) is 3.50. The van der Waals surface area contributed by atoms with Gasteiger partial charge in [-0.2, -0.15) is 0 Å². The molecule has 2 rings (SSSR count). The van der Waals surface area contributed by atoms with E-state index >= 15 is 0 Å². The SMILES string of the molecule is COc1ccccc1[C@@H](C)N(C)C(=O)c1nc(Cl)ccc1Cl. The van der Waals surface area contributed by atoms with Gasteiger partial charge < -0.3 is 9.64 Å². The molecule has 0 bridgehead atoms. The summed E-state index contributed by atoms with van der Waals surface area (Å²) in [6.07, 6.45) is 0. The van der Waals surface area contributed by atoms with E-state index < -0.39 is 0 Å². The fourth-order valence-corrected chi connectivity index (χ4v) is 2.47. The first-order valence-corrected chi connectivity index (χ1v) is 7.43. The van der Waals surface area contributed by atoms with E-state index in [1.165, 1.54) is 0 Å². The van der Waals surface area contributed by atoms with E-state index in [-0.39, 0.29) is 27.8 Å². The highest BCUT2D eigenvalue weighted by atomic mass is 35.5. The Morgan fingerprint density at radius 1 is 1.23 bits per heavy atom. The quantitative estimate of drug-likeness (QED) is 0.783. The van der Waals surface area contributed by atoms with Crippen LogP contribution in [0.4, 0.5) is 0 Å². The lowest BCUT2D eigenvalue weighted by molar-refractivity contribution is 0.0735. The summed E-state index contributed by atoms with van der Waals surface area (Å²) in [4.78, 5) is 18.2. The largest absolute Gasteiger partial charge is 0.496 e. The third-order valence-corrected chi connectivity index (χ3v) is 4.02. The molecule has 2 aromatic rings. The van der Waals surface area contributed by atoms with E-state index in [1.807, 2.05) is 31.2 Å². The Morgan fingerprint density at radius 2 is 1.91 bits per heavy atom. The molecule has 22 heavy (non-hydrogen) atoms. The molecule has 0 aliphatic carbocycles. The van der Waals surface area contributed by atoms with Gasteiger partial charge in [-0.25, -0.2) is 4.98 Å². The van der Waals surface area contributed by atoms with Crippen molar-refractivity contribution in [3.63, 3.8) is 0 Å². The number of benzene rings is 1. The number of aromatic nitrogens is 1. The highest BCUT2D eigenvalue weighted by Crippen LogP contribution is 2.29. The molecule has 0 aliphatic rings. The van der Waals surface area contributed by atoms with Crippen LogP contribution in [0.2, 0.25) is 10.2 Å². The molecule has 1 aromatic carbocycles. The second-order valence-electron chi connectivity index (χ2n) is 4.80. The Labute approximate surface area is 139 Å². The van der Waals surface area contributed by atoms with Crippen molar-refractivity contribution in [2.24, 2.45) is 0 Å². The molecule has 6 heteroatoms. The molecule has 0 radical (unpaired) electrons. The summed E-state index contributed by atoms with van der Waals surface area (Å²) in [5, 5.41) is 0.500. The van der Waals surface area contributed by atoms with E-state index in [2.05, 4.69) is 4.98 Å². The molecule has 0 saturated carbocycles. The lowest BCUT2D eigenvalue weighted by Crippen LogP contribution is -2.30. The van der Waals surface area contributed by atoms with Crippen LogP contribution >= 0.6 is 23.2 Å². The summed E-state index contributed by atoms with van der Waals surface area (Å²) in [5.74, 6) is 0.422. The number of rotatable bonds is 4. The molecule has 1 amide bonds. The zero-order chi connectivity index (χ0) is 16.3. The monoisotopic (exact) mass is 338 g/mol. The molecule has 4 nitrogen and oxygen atoms in total. The van der Waals surface area contributed by atoms with Crippen LogP contribution < -0.4 is 4.74 Å². The number of hydrogen-bond donors (Lipinski definition) is 0. The van der Waals surface area contributed by atoms with Crippen LogP contribution in [0.15, 0.2) is 36.4 Å². The summed E-state index contributed by atoms with van der Waals surface area (Å²) < 4.78 is 5.34. The Hall–Kier alpha value is -1.78. The van der Waals surface area contributed by atoms with E-state index in [4.69, 9.17) is 27.9 Å². The number of amides is 1. The molecule has 0 spiro atoms. The summed E-state index contributed by atoms with van der Waals surface area (Å²) >= 11 is 11.9. The number of pyridine rings is 1. The molecular weight excluding hydrogens is 323 g/mol. The molecule has 0 saturated heterocycles. The fraction of sp³-hybridized carbons (Fsp3) is 0.250. The topological polar surface area (TPSA) is 42.4 Å². The van der Waals surface area contributed by atoms with E-state index in [1.54, 1.807) is 31.2 Å². The Morgan fingerprint density at radius 3 is 2.59 bits per heavy atom. The number of methoxy groups -OCH3 is 1. The van der Waals surface area contributed by atoms with Crippen molar-refractivity contribution in [1.82, 2.24) is 9.88 Å². The van der Waals surface area contributed by atoms with Gasteiger partial charge in [-0.1, -0.05) is 41.4 Å². The number of para-hydroxylation sites is 1. The summed E-state index contributed by atoms with van der Waals surface area (Å²) in [5.41, 5.74) is 1.04. The van der Waals surface area contributed by atoms with Crippen molar-refractivity contribution in [3.8, 4) is 5.75 Å². The van der Waals surface area contributed by atoms with Gasteiger partial charge in [0.25, 0.3) is 5.91 Å². The molecule has 0 fully saturated rings. The maximum atomic E-state index is 12.6. The van der Waals surface area contributed by atoms with Gasteiger partial charge in [-0.3, -0.25) is 4.79 Å². The number of nitrogens with zero attached hydrogens (tertiary/aromatic N) is 2. The second kappa shape index (κ2) is 6.99. The Bertz CT molecular complexity index is 692. The fourth-order valence-electron chi connectivity index (χ4n) is 2.13. The number of halogens is 2. The van der Waals surface area contributed by atoms with Crippen molar-refractivity contribution in [1.29, 1.82) is 0 Å². The Kier molecular flexibility index (Phi) is 5.27. The molecular formula is C16H16Cl2N2O2. The molecule has 1 atom stereocenters. The minimum Gasteiger partial charge on any atom is -0.496 e. The van der Waals surface area contributed by atoms with Gasteiger partial charge in [-0.15, -0.1) is 0 Å². The normalized spacial score (nSPS) is 11.9. The highest BCUT2D eigenvalue weighted by Gasteiger charge is 2.24. The van der Waals surface area contributed by atoms with Gasteiger partial charge in [0.2, 0.25) is 0 Å². The maximum Gasteiger partial charge on any atom is 0.274 e. The second-order valence-corrected chi connectivity index (χ2v) is 5.59. The molecule has 1 heterocycles. The van der Waals surface area contributed by atoms with Gasteiger partial charge >= 0.3 is 0 Å². The number of ether oxygens (including phenoxy) is 1. The van der Waals surface area contributed by atoms with Crippen molar-refractivity contribution < 1.29 is 9.53 Å². The Balaban J connectivity index is 2.32. The average molecular weight is 339 g/mol. The zero-order valence-electron chi connectivity index (χ0n) is 12.5. The molecule has 1 aromatic heterocycles. The lowest BCUT2D eigenvalue weighted by atomic mass is 10.1. The van der Waals surface area contributed by atoms with Gasteiger partial charge in [0, 0.05) is 12.6 Å². The van der Waals surface area contributed by atoms with Gasteiger partial charge in [0.15, 0.2) is 0 Å². The average Bonchev–Trinajstić information content (AvgIpc) is 2.55. The van der Waals surface area contributed by atoms with Crippen LogP contribution in [0.3, 0.4) is 0 Å². The van der Waals surface area contributed by atoms with Gasteiger partial charge in [0.1, 0.15) is 16.6 Å². The molecule has 0 N–H and O–H groups in total. The van der Waals surface area contributed by atoms with E-state index in [0.29, 0.717) is 0 Å². The minimum absolute atomic E-state index is 0.137. The van der Waals surface area contributed by atoms with Crippen LogP contribution in [0, 0.1) is 0 Å². The summed E-state index contributed by atoms with van der Waals surface area (Å²) in [6, 6.07) is 10.5. The lowest BCUT2D eigenvalue weighted by Gasteiger charge is -2.26. The van der Waals surface area contributed by atoms with Crippen LogP contribution in [0.1, 0.15) is 29.0 Å². The number of hydrogen-bond acceptors (Lipinski definition) is 3. The first-order valence-electron chi connectivity index (χ1n) is 6.67. The van der Waals surface area contributed by atoms with E-state index in [9.17, 15) is 4.79 Å². The smallest absolute Gasteiger partial charge is 0.274 e. The predicted molar refractivity (Wildman–Crippen MR) is 87.8 cm³/mol. The predicted octanol–water partition coefficient (Wildman–Crippen LogP) is 4.23. The van der Waals surface area contributed by atoms with Crippen LogP contribution in [-0.4, -0.2) is 29.9 Å². The van der Waals surface area contributed by atoms with Gasteiger partial charge in [-0.05, 0) is 25.1 Å². The first-order chi connectivity index (χ1) is 10.5. The van der Waals surface area contributed by atoms with Crippen LogP contribution in [-0.2, 0) is 0 Å². The number of carbonyl (C=O) groups excluding carboxylic acids is 1. The van der Waals surface area contributed by atoms with Crippen molar-refractivity contribution in [2.75, 3.05) is 14.2 Å². The van der Waals surface area contributed by atoms with Crippen molar-refractivity contribution in [2.45, 2.75) is 13.0 Å². The molecule has 116 valence electrons. The van der Waals surface area contributed by atoms with Crippen LogP contribution in [0.25, 0.3) is 0 Å². The first kappa shape index (κ1) is 16.6. The molecule has 0 unspecified atom stereocenters. The van der Waals surface area contributed by atoms with Crippen molar-refractivity contribution in [3.05, 3.63) is 57.8 Å². The standard InChI is InChI=1S/C16H16Cl2N2O2/c1-10(11-6-4-5-7-13(11)22-3)20(2)16(21)15-12(17)8-9-14(18)19-15/h4-10H,1-3H3/t10-/m1/s1. The maximum absolute atomic E-state index is 12.6. The van der Waals surface area contributed by atoms with Crippen molar-refractivity contribution >= 4 is 29.1 Å². The highest BCUT2D eigenvalue weighted by molar-refractivity contribution is 6.34. The zero-order valence-corrected chi connectivity index (χ0v) is 14.0.